The number of halogens is 3. The lowest BCUT2D eigenvalue weighted by atomic mass is 9.94. The molecule has 2 N–H and O–H groups in total. The van der Waals surface area contributed by atoms with E-state index in [0.717, 1.165) is 36.6 Å². The highest BCUT2D eigenvalue weighted by molar-refractivity contribution is 5.96. The maximum absolute atomic E-state index is 13.4. The molecule has 0 bridgehead atoms. The van der Waals surface area contributed by atoms with Gasteiger partial charge < -0.3 is 5.73 Å². The minimum absolute atomic E-state index is 0.115. The molecule has 6 nitrogen and oxygen atoms in total. The van der Waals surface area contributed by atoms with Crippen LogP contribution in [0.25, 0.3) is 28.2 Å². The van der Waals surface area contributed by atoms with Crippen LogP contribution in [0.5, 0.6) is 0 Å². The highest BCUT2D eigenvalue weighted by atomic mass is 19.4. The average molecular weight is 453 g/mol. The Bertz CT molecular complexity index is 1340. The van der Waals surface area contributed by atoms with Gasteiger partial charge in [0.15, 0.2) is 11.3 Å². The molecule has 1 aromatic carbocycles. The molecule has 4 rings (SSSR count). The largest absolute Gasteiger partial charge is 0.434 e. The zero-order chi connectivity index (χ0) is 23.8. The van der Waals surface area contributed by atoms with E-state index in [1.807, 2.05) is 13.0 Å². The van der Waals surface area contributed by atoms with Crippen LogP contribution in [-0.2, 0) is 12.6 Å². The lowest BCUT2D eigenvalue weighted by Crippen LogP contribution is -2.14. The summed E-state index contributed by atoms with van der Waals surface area (Å²) in [6, 6.07) is 9.52. The molecule has 4 aromatic rings. The van der Waals surface area contributed by atoms with Crippen LogP contribution in [0.3, 0.4) is 0 Å². The SMILES string of the molecule is CCCCc1cc(-c2cn3nc(-c4cccnc4C(F)(F)F)ccc3n2)cc(C(N)=O)c1C. The lowest BCUT2D eigenvalue weighted by molar-refractivity contribution is -0.140. The highest BCUT2D eigenvalue weighted by Gasteiger charge is 2.35. The number of hydrogen-bond acceptors (Lipinski definition) is 4. The van der Waals surface area contributed by atoms with E-state index < -0.39 is 17.8 Å². The second-order valence-electron chi connectivity index (χ2n) is 7.82. The van der Waals surface area contributed by atoms with Crippen molar-refractivity contribution < 1.29 is 18.0 Å². The topological polar surface area (TPSA) is 86.2 Å². The van der Waals surface area contributed by atoms with Crippen LogP contribution in [0.4, 0.5) is 13.2 Å². The Labute approximate surface area is 188 Å². The first-order valence-electron chi connectivity index (χ1n) is 10.5. The molecular formula is C24H22F3N5O. The van der Waals surface area contributed by atoms with Gasteiger partial charge in [-0.1, -0.05) is 13.3 Å². The number of pyridine rings is 1. The van der Waals surface area contributed by atoms with Crippen LogP contribution < -0.4 is 5.73 Å². The first-order valence-corrected chi connectivity index (χ1v) is 10.5. The number of aromatic nitrogens is 4. The molecule has 9 heteroatoms. The fourth-order valence-electron chi connectivity index (χ4n) is 3.81. The number of nitrogens with zero attached hydrogens (tertiary/aromatic N) is 4. The normalized spacial score (nSPS) is 11.8. The number of hydrogen-bond donors (Lipinski definition) is 1. The van der Waals surface area contributed by atoms with E-state index in [9.17, 15) is 18.0 Å². The van der Waals surface area contributed by atoms with Crippen molar-refractivity contribution in [1.82, 2.24) is 19.6 Å². The van der Waals surface area contributed by atoms with Crippen LogP contribution in [0, 0.1) is 6.92 Å². The van der Waals surface area contributed by atoms with Crippen LogP contribution >= 0.6 is 0 Å². The molecule has 0 aliphatic carbocycles. The number of benzene rings is 1. The zero-order valence-electron chi connectivity index (χ0n) is 18.1. The van der Waals surface area contributed by atoms with Crippen molar-refractivity contribution in [3.8, 4) is 22.5 Å². The monoisotopic (exact) mass is 453 g/mol. The van der Waals surface area contributed by atoms with Crippen LogP contribution in [0.1, 0.15) is 46.9 Å². The van der Waals surface area contributed by atoms with E-state index in [-0.39, 0.29) is 11.3 Å². The Morgan fingerprint density at radius 3 is 2.64 bits per heavy atom. The van der Waals surface area contributed by atoms with Crippen molar-refractivity contribution in [1.29, 1.82) is 0 Å². The molecule has 0 atom stereocenters. The predicted molar refractivity (Wildman–Crippen MR) is 119 cm³/mol. The minimum Gasteiger partial charge on any atom is -0.366 e. The number of aryl methyl sites for hydroxylation is 1. The van der Waals surface area contributed by atoms with Gasteiger partial charge in [-0.25, -0.2) is 9.50 Å². The van der Waals surface area contributed by atoms with E-state index in [1.165, 1.54) is 22.7 Å². The smallest absolute Gasteiger partial charge is 0.366 e. The van der Waals surface area contributed by atoms with E-state index >= 15 is 0 Å². The number of unbranched alkanes of at least 4 members (excludes halogenated alkanes) is 1. The summed E-state index contributed by atoms with van der Waals surface area (Å²) >= 11 is 0. The standard InChI is InChI=1S/C24H22F3N5O/c1-3-4-6-15-11-16(12-18(14(15)2)23(28)33)20-13-32-21(30-20)9-8-19(31-32)17-7-5-10-29-22(17)24(25,26)27/h5,7-13H,3-4,6H2,1-2H3,(H2,28,33). The Balaban J connectivity index is 1.81. The summed E-state index contributed by atoms with van der Waals surface area (Å²) in [7, 11) is 0. The van der Waals surface area contributed by atoms with Gasteiger partial charge in [-0.15, -0.1) is 0 Å². The van der Waals surface area contributed by atoms with Crippen molar-refractivity contribution in [2.45, 2.75) is 39.3 Å². The molecule has 33 heavy (non-hydrogen) atoms. The Hall–Kier alpha value is -3.75. The summed E-state index contributed by atoms with van der Waals surface area (Å²) in [6.45, 7) is 3.96. The molecule has 0 unspecified atom stereocenters. The predicted octanol–water partition coefficient (Wildman–Crippen LogP) is 5.23. The number of carbonyl (C=O) groups excluding carboxylic acids is 1. The number of amides is 1. The maximum Gasteiger partial charge on any atom is 0.434 e. The second-order valence-corrected chi connectivity index (χ2v) is 7.82. The number of carbonyl (C=O) groups is 1. The van der Waals surface area contributed by atoms with Gasteiger partial charge in [0.2, 0.25) is 5.91 Å². The van der Waals surface area contributed by atoms with E-state index in [1.54, 1.807) is 18.3 Å². The molecule has 1 amide bonds. The summed E-state index contributed by atoms with van der Waals surface area (Å²) in [4.78, 5) is 20.0. The van der Waals surface area contributed by atoms with Crippen molar-refractivity contribution in [2.75, 3.05) is 0 Å². The maximum atomic E-state index is 13.4. The zero-order valence-corrected chi connectivity index (χ0v) is 18.1. The van der Waals surface area contributed by atoms with E-state index in [0.29, 0.717) is 22.5 Å². The van der Waals surface area contributed by atoms with Crippen LogP contribution in [-0.4, -0.2) is 25.5 Å². The first-order chi connectivity index (χ1) is 15.7. The molecule has 0 aliphatic rings. The summed E-state index contributed by atoms with van der Waals surface area (Å²) in [6.07, 6.45) is 0.893. The number of nitrogens with two attached hydrogens (primary N) is 1. The number of imidazole rings is 1. The van der Waals surface area contributed by atoms with Gasteiger partial charge >= 0.3 is 6.18 Å². The third kappa shape index (κ3) is 4.44. The fraction of sp³-hybridized carbons (Fsp3) is 0.250. The summed E-state index contributed by atoms with van der Waals surface area (Å²) in [5.74, 6) is -0.521. The quantitative estimate of drug-likeness (QED) is 0.433. The number of alkyl halides is 3. The molecular weight excluding hydrogens is 431 g/mol. The average Bonchev–Trinajstić information content (AvgIpc) is 3.21. The summed E-state index contributed by atoms with van der Waals surface area (Å²) in [5.41, 5.74) is 8.59. The number of fused-ring (bicyclic) bond motifs is 1. The molecule has 170 valence electrons. The van der Waals surface area contributed by atoms with E-state index in [2.05, 4.69) is 22.0 Å². The van der Waals surface area contributed by atoms with Gasteiger partial charge in [0.05, 0.1) is 17.6 Å². The second kappa shape index (κ2) is 8.65. The van der Waals surface area contributed by atoms with Crippen molar-refractivity contribution in [2.24, 2.45) is 5.73 Å². The third-order valence-corrected chi connectivity index (χ3v) is 5.55. The number of rotatable bonds is 6. The molecule has 0 saturated carbocycles. The van der Waals surface area contributed by atoms with Gasteiger partial charge in [-0.05, 0) is 67.3 Å². The molecule has 0 aliphatic heterocycles. The summed E-state index contributed by atoms with van der Waals surface area (Å²) in [5, 5.41) is 4.34. The number of primary amides is 1. The molecule has 0 saturated heterocycles. The Morgan fingerprint density at radius 1 is 1.15 bits per heavy atom. The van der Waals surface area contributed by atoms with Crippen molar-refractivity contribution >= 4 is 11.6 Å². The van der Waals surface area contributed by atoms with Crippen LogP contribution in [0.2, 0.25) is 0 Å². The summed E-state index contributed by atoms with van der Waals surface area (Å²) < 4.78 is 41.6. The van der Waals surface area contributed by atoms with E-state index in [4.69, 9.17) is 5.73 Å². The van der Waals surface area contributed by atoms with Gasteiger partial charge in [-0.3, -0.25) is 9.78 Å². The Morgan fingerprint density at radius 2 is 1.94 bits per heavy atom. The molecule has 0 spiro atoms. The molecule has 0 fully saturated rings. The minimum atomic E-state index is -4.60. The highest BCUT2D eigenvalue weighted by Crippen LogP contribution is 2.35. The van der Waals surface area contributed by atoms with Crippen molar-refractivity contribution in [3.05, 3.63) is 71.2 Å². The lowest BCUT2D eigenvalue weighted by Gasteiger charge is -2.11. The first kappa shape index (κ1) is 22.4. The van der Waals surface area contributed by atoms with Gasteiger partial charge in [0, 0.05) is 22.9 Å². The van der Waals surface area contributed by atoms with Crippen molar-refractivity contribution in [3.63, 3.8) is 0 Å². The van der Waals surface area contributed by atoms with Gasteiger partial charge in [0.1, 0.15) is 0 Å². The molecule has 0 radical (unpaired) electrons. The van der Waals surface area contributed by atoms with Gasteiger partial charge in [-0.2, -0.15) is 18.3 Å². The molecule has 3 aromatic heterocycles. The Kier molecular flexibility index (Phi) is 5.88. The van der Waals surface area contributed by atoms with Gasteiger partial charge in [0.25, 0.3) is 0 Å². The molecule has 3 heterocycles. The fourth-order valence-corrected chi connectivity index (χ4v) is 3.81. The third-order valence-electron chi connectivity index (χ3n) is 5.55. The van der Waals surface area contributed by atoms with Crippen LogP contribution in [0.15, 0.2) is 48.8 Å².